The number of hydrogen-bond donors (Lipinski definition) is 1. The summed E-state index contributed by atoms with van der Waals surface area (Å²) in [6, 6.07) is 3.12. The second-order valence-electron chi connectivity index (χ2n) is 5.99. The van der Waals surface area contributed by atoms with Gasteiger partial charge in [0.15, 0.2) is 5.82 Å². The molecule has 2 amide bonds. The molecule has 3 rings (SSSR count). The van der Waals surface area contributed by atoms with Crippen LogP contribution in [0.15, 0.2) is 18.3 Å². The highest BCUT2D eigenvalue weighted by molar-refractivity contribution is 6.12. The predicted molar refractivity (Wildman–Crippen MR) is 71.7 cm³/mol. The number of nitrogens with zero attached hydrogens (tertiary/aromatic N) is 2. The van der Waals surface area contributed by atoms with Gasteiger partial charge in [-0.2, -0.15) is 0 Å². The van der Waals surface area contributed by atoms with Crippen LogP contribution in [-0.2, 0) is 9.59 Å². The Kier molecular flexibility index (Phi) is 2.42. The number of nitrogens with one attached hydrogen (secondary N) is 1. The Bertz CT molecular complexity index is 568. The molecular formula is C14H17N3O2. The molecule has 1 aliphatic heterocycles. The maximum atomic E-state index is 12.6. The normalized spacial score (nSPS) is 27.5. The minimum absolute atomic E-state index is 0.00825. The Balaban J connectivity index is 2.00. The predicted octanol–water partition coefficient (Wildman–Crippen LogP) is 1.80. The smallest absolute Gasteiger partial charge is 0.248 e. The van der Waals surface area contributed by atoms with Gasteiger partial charge in [0.25, 0.3) is 0 Å². The topological polar surface area (TPSA) is 62.3 Å². The molecule has 1 saturated carbocycles. The van der Waals surface area contributed by atoms with Crippen molar-refractivity contribution in [2.45, 2.75) is 33.2 Å². The molecule has 2 heterocycles. The summed E-state index contributed by atoms with van der Waals surface area (Å²) in [5.41, 5.74) is 0.745. The molecule has 1 aromatic heterocycles. The van der Waals surface area contributed by atoms with Gasteiger partial charge in [0, 0.05) is 12.1 Å². The van der Waals surface area contributed by atoms with Gasteiger partial charge in [-0.15, -0.1) is 0 Å². The average molecular weight is 259 g/mol. The lowest BCUT2D eigenvalue weighted by atomic mass is 10.1. The highest BCUT2D eigenvalue weighted by Gasteiger charge is 2.53. The third-order valence-electron chi connectivity index (χ3n) is 4.10. The van der Waals surface area contributed by atoms with Crippen molar-refractivity contribution in [2.75, 3.05) is 10.2 Å². The lowest BCUT2D eigenvalue weighted by Gasteiger charge is -2.34. The van der Waals surface area contributed by atoms with E-state index in [1.165, 1.54) is 0 Å². The van der Waals surface area contributed by atoms with Gasteiger partial charge in [0.1, 0.15) is 6.04 Å². The highest BCUT2D eigenvalue weighted by atomic mass is 16.2. The van der Waals surface area contributed by atoms with E-state index in [4.69, 9.17) is 0 Å². The van der Waals surface area contributed by atoms with Gasteiger partial charge >= 0.3 is 0 Å². The van der Waals surface area contributed by atoms with E-state index in [1.807, 2.05) is 6.07 Å². The molecule has 19 heavy (non-hydrogen) atoms. The van der Waals surface area contributed by atoms with Gasteiger partial charge in [-0.05, 0) is 30.9 Å². The molecule has 0 spiro atoms. The first-order chi connectivity index (χ1) is 8.92. The zero-order chi connectivity index (χ0) is 13.8. The van der Waals surface area contributed by atoms with Crippen molar-refractivity contribution < 1.29 is 9.59 Å². The van der Waals surface area contributed by atoms with Crippen LogP contribution in [0.4, 0.5) is 11.5 Å². The van der Waals surface area contributed by atoms with Crippen LogP contribution in [0.3, 0.4) is 0 Å². The Morgan fingerprint density at radius 1 is 1.53 bits per heavy atom. The molecule has 1 unspecified atom stereocenters. The molecule has 0 saturated heterocycles. The lowest BCUT2D eigenvalue weighted by Crippen LogP contribution is -2.50. The molecule has 1 N–H and O–H groups in total. The van der Waals surface area contributed by atoms with Crippen molar-refractivity contribution >= 4 is 23.3 Å². The van der Waals surface area contributed by atoms with Gasteiger partial charge in [0.05, 0.1) is 5.69 Å². The fourth-order valence-electron chi connectivity index (χ4n) is 2.60. The number of carbonyl (C=O) groups excluding carboxylic acids is 2. The third-order valence-corrected chi connectivity index (χ3v) is 4.10. The first-order valence-corrected chi connectivity index (χ1v) is 6.51. The molecule has 0 aromatic carbocycles. The minimum atomic E-state index is -0.486. The van der Waals surface area contributed by atoms with Crippen LogP contribution in [-0.4, -0.2) is 22.8 Å². The highest BCUT2D eigenvalue weighted by Crippen LogP contribution is 2.53. The molecule has 100 valence electrons. The standard InChI is InChI=1S/C14H17N3O2/c1-8-12(18)16-11-10(5-4-6-15-11)17(8)13(19)9-7-14(9,2)3/h4-6,8-9H,7H2,1-3H3,(H,15,16,18)/t8?,9-/m1/s1. The quantitative estimate of drug-likeness (QED) is 0.836. The molecule has 1 aromatic rings. The lowest BCUT2D eigenvalue weighted by molar-refractivity contribution is -0.124. The molecule has 1 aliphatic carbocycles. The van der Waals surface area contributed by atoms with E-state index in [-0.39, 0.29) is 23.1 Å². The number of amides is 2. The van der Waals surface area contributed by atoms with E-state index >= 15 is 0 Å². The summed E-state index contributed by atoms with van der Waals surface area (Å²) in [6.45, 7) is 5.90. The van der Waals surface area contributed by atoms with E-state index < -0.39 is 6.04 Å². The van der Waals surface area contributed by atoms with Crippen molar-refractivity contribution in [3.63, 3.8) is 0 Å². The Morgan fingerprint density at radius 2 is 2.21 bits per heavy atom. The van der Waals surface area contributed by atoms with E-state index in [9.17, 15) is 9.59 Å². The number of fused-ring (bicyclic) bond motifs is 1. The number of pyridine rings is 1. The molecule has 2 aliphatic rings. The summed E-state index contributed by atoms with van der Waals surface area (Å²) < 4.78 is 0. The van der Waals surface area contributed by atoms with Gasteiger partial charge in [-0.3, -0.25) is 14.5 Å². The summed E-state index contributed by atoms with van der Waals surface area (Å²) >= 11 is 0. The maximum Gasteiger partial charge on any atom is 0.248 e. The molecule has 0 radical (unpaired) electrons. The monoisotopic (exact) mass is 259 g/mol. The van der Waals surface area contributed by atoms with Crippen LogP contribution in [0.1, 0.15) is 27.2 Å². The Hall–Kier alpha value is -1.91. The van der Waals surface area contributed by atoms with Crippen LogP contribution in [0.5, 0.6) is 0 Å². The number of carbonyl (C=O) groups is 2. The Morgan fingerprint density at radius 3 is 2.84 bits per heavy atom. The fourth-order valence-corrected chi connectivity index (χ4v) is 2.60. The maximum absolute atomic E-state index is 12.6. The van der Waals surface area contributed by atoms with E-state index in [0.29, 0.717) is 11.5 Å². The van der Waals surface area contributed by atoms with E-state index in [0.717, 1.165) is 6.42 Å². The van der Waals surface area contributed by atoms with Gasteiger partial charge < -0.3 is 5.32 Å². The van der Waals surface area contributed by atoms with Gasteiger partial charge in [0.2, 0.25) is 11.8 Å². The van der Waals surface area contributed by atoms with Crippen LogP contribution in [0, 0.1) is 11.3 Å². The number of rotatable bonds is 1. The second-order valence-corrected chi connectivity index (χ2v) is 5.99. The van der Waals surface area contributed by atoms with Gasteiger partial charge in [-0.25, -0.2) is 4.98 Å². The molecular weight excluding hydrogens is 242 g/mol. The van der Waals surface area contributed by atoms with Crippen LogP contribution in [0.25, 0.3) is 0 Å². The van der Waals surface area contributed by atoms with Crippen LogP contribution < -0.4 is 10.2 Å². The zero-order valence-corrected chi connectivity index (χ0v) is 11.3. The molecule has 5 heteroatoms. The van der Waals surface area contributed by atoms with Crippen molar-refractivity contribution in [1.82, 2.24) is 4.98 Å². The summed E-state index contributed by atoms with van der Waals surface area (Å²) in [5.74, 6) is 0.325. The first kappa shape index (κ1) is 12.1. The SMILES string of the molecule is CC1C(=O)Nc2ncccc2N1C(=O)[C@H]1CC1(C)C. The van der Waals surface area contributed by atoms with Crippen molar-refractivity contribution in [1.29, 1.82) is 0 Å². The largest absolute Gasteiger partial charge is 0.307 e. The second kappa shape index (κ2) is 3.79. The number of hydrogen-bond acceptors (Lipinski definition) is 3. The number of anilines is 2. The van der Waals surface area contributed by atoms with Crippen molar-refractivity contribution in [2.24, 2.45) is 11.3 Å². The molecule has 1 fully saturated rings. The molecule has 5 nitrogen and oxygen atoms in total. The first-order valence-electron chi connectivity index (χ1n) is 6.51. The van der Waals surface area contributed by atoms with Crippen LogP contribution >= 0.6 is 0 Å². The third kappa shape index (κ3) is 1.80. The van der Waals surface area contributed by atoms with Gasteiger partial charge in [-0.1, -0.05) is 13.8 Å². The van der Waals surface area contributed by atoms with Crippen molar-refractivity contribution in [3.8, 4) is 0 Å². The van der Waals surface area contributed by atoms with Crippen molar-refractivity contribution in [3.05, 3.63) is 18.3 Å². The summed E-state index contributed by atoms with van der Waals surface area (Å²) in [7, 11) is 0. The molecule has 2 atom stereocenters. The number of aromatic nitrogens is 1. The van der Waals surface area contributed by atoms with E-state index in [1.54, 1.807) is 24.1 Å². The Labute approximate surface area is 112 Å². The average Bonchev–Trinajstić information content (AvgIpc) is 2.99. The minimum Gasteiger partial charge on any atom is -0.307 e. The summed E-state index contributed by atoms with van der Waals surface area (Å²) in [5, 5.41) is 2.73. The van der Waals surface area contributed by atoms with Crippen LogP contribution in [0.2, 0.25) is 0 Å². The summed E-state index contributed by atoms with van der Waals surface area (Å²) in [4.78, 5) is 30.3. The molecule has 0 bridgehead atoms. The summed E-state index contributed by atoms with van der Waals surface area (Å²) in [6.07, 6.45) is 2.49. The zero-order valence-electron chi connectivity index (χ0n) is 11.3. The van der Waals surface area contributed by atoms with E-state index in [2.05, 4.69) is 24.1 Å². The fraction of sp³-hybridized carbons (Fsp3) is 0.500.